The molecule has 1 aromatic rings. The van der Waals surface area contributed by atoms with Crippen LogP contribution in [-0.2, 0) is 4.79 Å². The molecule has 0 heterocycles. The molecule has 0 aliphatic heterocycles. The van der Waals surface area contributed by atoms with Gasteiger partial charge in [-0.3, -0.25) is 4.79 Å². The number of nitrogens with two attached hydrogens (primary N) is 1. The highest BCUT2D eigenvalue weighted by atomic mass is 16.1. The van der Waals surface area contributed by atoms with E-state index >= 15 is 0 Å². The molecule has 5 heteroatoms. The predicted molar refractivity (Wildman–Crippen MR) is 135 cm³/mol. The minimum atomic E-state index is -0.340. The maximum Gasteiger partial charge on any atom is 0.255 e. The molecule has 1 amide bonds. The molecule has 0 spiro atoms. The van der Waals surface area contributed by atoms with E-state index in [1.54, 1.807) is 0 Å². The largest absolute Gasteiger partial charge is 0.354 e. The Morgan fingerprint density at radius 1 is 0.968 bits per heavy atom. The van der Waals surface area contributed by atoms with Crippen molar-refractivity contribution in [2.24, 2.45) is 16.6 Å². The summed E-state index contributed by atoms with van der Waals surface area (Å²) in [5, 5.41) is 9.22. The van der Waals surface area contributed by atoms with Crippen molar-refractivity contribution in [2.75, 3.05) is 10.6 Å². The number of rotatable bonds is 8. The molecule has 1 aromatic carbocycles. The molecule has 0 aliphatic rings. The van der Waals surface area contributed by atoms with Gasteiger partial charge in [0.05, 0.1) is 12.0 Å². The van der Waals surface area contributed by atoms with Crippen LogP contribution >= 0.6 is 0 Å². The third-order valence-electron chi connectivity index (χ3n) is 5.09. The number of carbonyl (C=O) groups excluding carboxylic acids is 1. The number of benzene rings is 1. The molecule has 1 atom stereocenters. The number of hydrogen-bond acceptors (Lipinski definition) is 4. The summed E-state index contributed by atoms with van der Waals surface area (Å²) in [4.78, 5) is 12.6. The highest BCUT2D eigenvalue weighted by molar-refractivity contribution is 6.06. The fourth-order valence-electron chi connectivity index (χ4n) is 3.00. The van der Waals surface area contributed by atoms with Crippen LogP contribution in [0.25, 0.3) is 0 Å². The lowest BCUT2D eigenvalue weighted by Crippen LogP contribution is -2.37. The third-order valence-corrected chi connectivity index (χ3v) is 5.09. The van der Waals surface area contributed by atoms with Crippen LogP contribution in [0, 0.1) is 10.8 Å². The van der Waals surface area contributed by atoms with Crippen LogP contribution in [0.15, 0.2) is 72.1 Å². The standard InChI is InChI=1S/C26H40N4O/c1-11-22(26(8,9)10)18(3)24(31)30-21-14-12-20(13-15-21)28-19(4)29-23(27)16-17(2)25(5,6)7/h11-16,23,28-29H,3-4,27H2,1-2,5-10H3,(H,30,31)/b17-16+,22-11+. The number of allylic oxidation sites excluding steroid dienone is 2. The van der Waals surface area contributed by atoms with E-state index in [1.165, 1.54) is 5.57 Å². The molecule has 1 rings (SSSR count). The molecule has 170 valence electrons. The highest BCUT2D eigenvalue weighted by Crippen LogP contribution is 2.31. The third kappa shape index (κ3) is 8.46. The van der Waals surface area contributed by atoms with Crippen molar-refractivity contribution in [3.05, 3.63) is 72.1 Å². The Kier molecular flexibility index (Phi) is 8.88. The van der Waals surface area contributed by atoms with Gasteiger partial charge in [0, 0.05) is 16.9 Å². The van der Waals surface area contributed by atoms with Crippen molar-refractivity contribution >= 4 is 17.3 Å². The number of nitrogens with one attached hydrogen (secondary N) is 3. The Morgan fingerprint density at radius 3 is 1.87 bits per heavy atom. The maximum atomic E-state index is 12.6. The Morgan fingerprint density at radius 2 is 1.45 bits per heavy atom. The fraction of sp³-hybridized carbons (Fsp3) is 0.423. The molecule has 31 heavy (non-hydrogen) atoms. The minimum Gasteiger partial charge on any atom is -0.354 e. The van der Waals surface area contributed by atoms with E-state index in [0.717, 1.165) is 11.3 Å². The van der Waals surface area contributed by atoms with Gasteiger partial charge in [-0.25, -0.2) is 0 Å². The lowest BCUT2D eigenvalue weighted by atomic mass is 9.82. The van der Waals surface area contributed by atoms with Crippen molar-refractivity contribution in [1.29, 1.82) is 0 Å². The molecule has 0 radical (unpaired) electrons. The van der Waals surface area contributed by atoms with Crippen LogP contribution in [0.3, 0.4) is 0 Å². The highest BCUT2D eigenvalue weighted by Gasteiger charge is 2.23. The van der Waals surface area contributed by atoms with E-state index in [2.05, 4.69) is 77.6 Å². The summed E-state index contributed by atoms with van der Waals surface area (Å²) in [6.07, 6.45) is 3.60. The van der Waals surface area contributed by atoms with Gasteiger partial charge in [-0.05, 0) is 60.6 Å². The van der Waals surface area contributed by atoms with Gasteiger partial charge < -0.3 is 21.7 Å². The maximum absolute atomic E-state index is 12.6. The summed E-state index contributed by atoms with van der Waals surface area (Å²) in [5.41, 5.74) is 10.2. The Hall–Kier alpha value is -2.79. The van der Waals surface area contributed by atoms with Gasteiger partial charge in [-0.1, -0.05) is 66.3 Å². The van der Waals surface area contributed by atoms with E-state index < -0.39 is 0 Å². The van der Waals surface area contributed by atoms with Crippen molar-refractivity contribution in [3.63, 3.8) is 0 Å². The number of carbonyl (C=O) groups is 1. The van der Waals surface area contributed by atoms with E-state index in [4.69, 9.17) is 5.73 Å². The smallest absolute Gasteiger partial charge is 0.255 e. The number of hydrogen-bond donors (Lipinski definition) is 4. The molecule has 5 N–H and O–H groups in total. The second kappa shape index (κ2) is 10.5. The first kappa shape index (κ1) is 26.2. The number of amides is 1. The molecular formula is C26H40N4O. The van der Waals surface area contributed by atoms with E-state index in [-0.39, 0.29) is 22.9 Å². The predicted octanol–water partition coefficient (Wildman–Crippen LogP) is 5.92. The monoisotopic (exact) mass is 424 g/mol. The first-order valence-corrected chi connectivity index (χ1v) is 10.6. The molecule has 5 nitrogen and oxygen atoms in total. The van der Waals surface area contributed by atoms with E-state index in [0.29, 0.717) is 17.1 Å². The summed E-state index contributed by atoms with van der Waals surface area (Å²) in [6.45, 7) is 24.6. The van der Waals surface area contributed by atoms with Gasteiger partial charge in [-0.2, -0.15) is 0 Å². The van der Waals surface area contributed by atoms with Gasteiger partial charge in [0.2, 0.25) is 0 Å². The van der Waals surface area contributed by atoms with E-state index in [9.17, 15) is 4.79 Å². The first-order valence-electron chi connectivity index (χ1n) is 10.6. The molecular weight excluding hydrogens is 384 g/mol. The van der Waals surface area contributed by atoms with Crippen LogP contribution in [0.4, 0.5) is 11.4 Å². The summed E-state index contributed by atoms with van der Waals surface area (Å²) < 4.78 is 0. The molecule has 1 unspecified atom stereocenters. The molecule has 0 aromatic heterocycles. The second-order valence-electron chi connectivity index (χ2n) is 9.84. The van der Waals surface area contributed by atoms with Crippen LogP contribution in [0.1, 0.15) is 55.4 Å². The average Bonchev–Trinajstić information content (AvgIpc) is 2.61. The molecule has 0 fully saturated rings. The summed E-state index contributed by atoms with van der Waals surface area (Å²) in [5.74, 6) is 0.389. The van der Waals surface area contributed by atoms with Gasteiger partial charge in [0.1, 0.15) is 0 Å². The second-order valence-corrected chi connectivity index (χ2v) is 9.84. The van der Waals surface area contributed by atoms with Gasteiger partial charge in [-0.15, -0.1) is 0 Å². The Labute approximate surface area is 188 Å². The molecule has 0 saturated carbocycles. The topological polar surface area (TPSA) is 79.2 Å². The summed E-state index contributed by atoms with van der Waals surface area (Å²) in [6, 6.07) is 7.40. The zero-order valence-electron chi connectivity index (χ0n) is 20.4. The van der Waals surface area contributed by atoms with Gasteiger partial charge in [0.25, 0.3) is 5.91 Å². The number of anilines is 2. The zero-order chi connectivity index (χ0) is 24.0. The molecule has 0 bridgehead atoms. The van der Waals surface area contributed by atoms with Crippen molar-refractivity contribution in [2.45, 2.75) is 61.6 Å². The van der Waals surface area contributed by atoms with Crippen molar-refractivity contribution in [1.82, 2.24) is 5.32 Å². The van der Waals surface area contributed by atoms with Crippen molar-refractivity contribution in [3.8, 4) is 0 Å². The van der Waals surface area contributed by atoms with Crippen LogP contribution < -0.4 is 21.7 Å². The van der Waals surface area contributed by atoms with Gasteiger partial charge in [0.15, 0.2) is 0 Å². The summed E-state index contributed by atoms with van der Waals surface area (Å²) in [7, 11) is 0. The van der Waals surface area contributed by atoms with Crippen LogP contribution in [0.5, 0.6) is 0 Å². The Bertz CT molecular complexity index is 862. The zero-order valence-corrected chi connectivity index (χ0v) is 20.4. The molecule has 0 aliphatic carbocycles. The molecule has 0 saturated heterocycles. The van der Waals surface area contributed by atoms with E-state index in [1.807, 2.05) is 43.3 Å². The SMILES string of the molecule is C=C(Nc1ccc(NC(=O)C(=C)/C(=C\C)C(C)(C)C)cc1)NC(N)/C=C(\C)C(C)(C)C. The Balaban J connectivity index is 2.71. The van der Waals surface area contributed by atoms with Crippen molar-refractivity contribution < 1.29 is 4.79 Å². The lowest BCUT2D eigenvalue weighted by molar-refractivity contribution is -0.112. The lowest BCUT2D eigenvalue weighted by Gasteiger charge is -2.24. The fourth-order valence-corrected chi connectivity index (χ4v) is 3.00. The normalized spacial score (nSPS) is 14.0. The quantitative estimate of drug-likeness (QED) is 0.181. The van der Waals surface area contributed by atoms with Crippen LogP contribution in [0.2, 0.25) is 0 Å². The first-order chi connectivity index (χ1) is 14.1. The van der Waals surface area contributed by atoms with Crippen LogP contribution in [-0.4, -0.2) is 12.1 Å². The minimum absolute atomic E-state index is 0.0696. The van der Waals surface area contributed by atoms with Gasteiger partial charge >= 0.3 is 0 Å². The summed E-state index contributed by atoms with van der Waals surface area (Å²) >= 11 is 0. The average molecular weight is 425 g/mol.